The molecule has 0 aliphatic heterocycles. The molecule has 0 saturated heterocycles. The van der Waals surface area contributed by atoms with Crippen LogP contribution in [0.15, 0.2) is 33.4 Å². The molecular formula is C11H12N4O3S. The molecule has 0 aliphatic rings. The third-order valence-corrected chi connectivity index (χ3v) is 2.72. The highest BCUT2D eigenvalue weighted by molar-refractivity contribution is 8.02. The first-order valence-corrected chi connectivity index (χ1v) is 6.36. The summed E-state index contributed by atoms with van der Waals surface area (Å²) in [7, 11) is 0. The molecule has 1 heterocycles. The van der Waals surface area contributed by atoms with Crippen LogP contribution in [0.3, 0.4) is 0 Å². The van der Waals surface area contributed by atoms with Gasteiger partial charge in [0.25, 0.3) is 5.91 Å². The zero-order chi connectivity index (χ0) is 14.3. The van der Waals surface area contributed by atoms with Gasteiger partial charge in [-0.3, -0.25) is 4.79 Å². The van der Waals surface area contributed by atoms with E-state index >= 15 is 0 Å². The number of rotatable bonds is 5. The van der Waals surface area contributed by atoms with Crippen LogP contribution in [0, 0.1) is 11.3 Å². The minimum absolute atomic E-state index is 0.104. The van der Waals surface area contributed by atoms with E-state index in [2.05, 4.69) is 10.6 Å². The van der Waals surface area contributed by atoms with Crippen LogP contribution in [0.1, 0.15) is 5.76 Å². The highest BCUT2D eigenvalue weighted by Gasteiger charge is 2.16. The summed E-state index contributed by atoms with van der Waals surface area (Å²) in [6, 6.07) is 4.27. The molecule has 7 nitrogen and oxygen atoms in total. The van der Waals surface area contributed by atoms with E-state index in [0.717, 1.165) is 11.8 Å². The summed E-state index contributed by atoms with van der Waals surface area (Å²) in [5, 5.41) is 13.8. The summed E-state index contributed by atoms with van der Waals surface area (Å²) in [4.78, 5) is 22.6. The molecule has 1 aromatic rings. The second-order valence-electron chi connectivity index (χ2n) is 3.27. The fourth-order valence-electron chi connectivity index (χ4n) is 1.20. The van der Waals surface area contributed by atoms with Gasteiger partial charge in [-0.25, -0.2) is 4.79 Å². The van der Waals surface area contributed by atoms with E-state index in [9.17, 15) is 9.59 Å². The number of primary amides is 1. The lowest BCUT2D eigenvalue weighted by atomic mass is 10.3. The number of nitriles is 1. The number of urea groups is 1. The van der Waals surface area contributed by atoms with Gasteiger partial charge in [0, 0.05) is 0 Å². The second-order valence-corrected chi connectivity index (χ2v) is 4.09. The lowest BCUT2D eigenvalue weighted by Gasteiger charge is -2.08. The number of hydrogen-bond acceptors (Lipinski definition) is 5. The molecule has 0 radical (unpaired) electrons. The van der Waals surface area contributed by atoms with Crippen LogP contribution in [0.5, 0.6) is 0 Å². The molecule has 1 rings (SSSR count). The Kier molecular flexibility index (Phi) is 5.50. The molecule has 4 N–H and O–H groups in total. The monoisotopic (exact) mass is 280 g/mol. The van der Waals surface area contributed by atoms with E-state index in [1.54, 1.807) is 24.5 Å². The zero-order valence-corrected chi connectivity index (χ0v) is 10.9. The van der Waals surface area contributed by atoms with Gasteiger partial charge in [0.2, 0.25) is 0 Å². The lowest BCUT2D eigenvalue weighted by Crippen LogP contribution is -2.31. The van der Waals surface area contributed by atoms with E-state index in [1.807, 2.05) is 0 Å². The molecule has 0 saturated carbocycles. The predicted octanol–water partition coefficient (Wildman–Crippen LogP) is 0.662. The molecule has 3 amide bonds. The fraction of sp³-hybridized carbons (Fsp3) is 0.182. The van der Waals surface area contributed by atoms with Crippen LogP contribution in [0.25, 0.3) is 0 Å². The van der Waals surface area contributed by atoms with Crippen molar-refractivity contribution < 1.29 is 14.0 Å². The summed E-state index contributed by atoms with van der Waals surface area (Å²) in [5.41, 5.74) is 4.75. The number of carbonyl (C=O) groups is 2. The van der Waals surface area contributed by atoms with Crippen molar-refractivity contribution in [3.05, 3.63) is 34.8 Å². The average molecular weight is 280 g/mol. The van der Waals surface area contributed by atoms with Gasteiger partial charge in [0.05, 0.1) is 17.8 Å². The highest BCUT2D eigenvalue weighted by atomic mass is 32.2. The van der Waals surface area contributed by atoms with Crippen molar-refractivity contribution in [2.24, 2.45) is 5.73 Å². The quantitative estimate of drug-likeness (QED) is 0.540. The van der Waals surface area contributed by atoms with Crippen LogP contribution in [-0.2, 0) is 11.3 Å². The Labute approximate surface area is 113 Å². The van der Waals surface area contributed by atoms with E-state index in [-0.39, 0.29) is 17.1 Å². The van der Waals surface area contributed by atoms with Crippen LogP contribution >= 0.6 is 11.8 Å². The number of hydrogen-bond donors (Lipinski definition) is 3. The second kappa shape index (κ2) is 7.13. The van der Waals surface area contributed by atoms with Crippen LogP contribution in [-0.4, -0.2) is 18.2 Å². The standard InChI is InChI=1S/C11H12N4O3S/c1-19-10(15-11(13)17)8(5-12)9(16)14-6-7-3-2-4-18-7/h2-4H,6H2,1H3,(H,14,16)(H3,13,15,17)/b10-8+. The third kappa shape index (κ3) is 4.40. The number of carbonyl (C=O) groups excluding carboxylic acids is 2. The van der Waals surface area contributed by atoms with E-state index in [4.69, 9.17) is 15.4 Å². The van der Waals surface area contributed by atoms with Gasteiger partial charge in [0.15, 0.2) is 0 Å². The van der Waals surface area contributed by atoms with E-state index < -0.39 is 11.9 Å². The summed E-state index contributed by atoms with van der Waals surface area (Å²) in [6.07, 6.45) is 3.09. The molecular weight excluding hydrogens is 268 g/mol. The number of amides is 3. The maximum absolute atomic E-state index is 11.8. The average Bonchev–Trinajstić information content (AvgIpc) is 2.88. The molecule has 100 valence electrons. The zero-order valence-electron chi connectivity index (χ0n) is 10.1. The molecule has 0 bridgehead atoms. The number of nitrogens with zero attached hydrogens (tertiary/aromatic N) is 1. The molecule has 0 spiro atoms. The molecule has 0 aliphatic carbocycles. The Morgan fingerprint density at radius 3 is 2.79 bits per heavy atom. The Bertz CT molecular complexity index is 531. The van der Waals surface area contributed by atoms with Gasteiger partial charge >= 0.3 is 6.03 Å². The Morgan fingerprint density at radius 2 is 2.32 bits per heavy atom. The van der Waals surface area contributed by atoms with Gasteiger partial charge in [-0.05, 0) is 18.4 Å². The Hall–Kier alpha value is -2.40. The lowest BCUT2D eigenvalue weighted by molar-refractivity contribution is -0.117. The molecule has 0 aromatic carbocycles. The van der Waals surface area contributed by atoms with Crippen LogP contribution in [0.2, 0.25) is 0 Å². The first kappa shape index (κ1) is 14.7. The molecule has 0 atom stereocenters. The number of nitrogens with two attached hydrogens (primary N) is 1. The summed E-state index contributed by atoms with van der Waals surface area (Å²) < 4.78 is 5.04. The van der Waals surface area contributed by atoms with Gasteiger partial charge < -0.3 is 20.8 Å². The van der Waals surface area contributed by atoms with Gasteiger partial charge in [-0.15, -0.1) is 11.8 Å². The minimum Gasteiger partial charge on any atom is -0.467 e. The molecule has 8 heteroatoms. The van der Waals surface area contributed by atoms with Crippen molar-refractivity contribution in [2.75, 3.05) is 6.26 Å². The van der Waals surface area contributed by atoms with Crippen molar-refractivity contribution in [3.8, 4) is 6.07 Å². The maximum atomic E-state index is 11.8. The summed E-state index contributed by atoms with van der Waals surface area (Å²) >= 11 is 1.04. The Balaban J connectivity index is 2.77. The first-order valence-electron chi connectivity index (χ1n) is 5.14. The van der Waals surface area contributed by atoms with Crippen molar-refractivity contribution >= 4 is 23.7 Å². The number of thioether (sulfide) groups is 1. The number of nitrogens with one attached hydrogen (secondary N) is 2. The fourth-order valence-corrected chi connectivity index (χ4v) is 1.75. The smallest absolute Gasteiger partial charge is 0.317 e. The number of furan rings is 1. The molecule has 0 unspecified atom stereocenters. The third-order valence-electron chi connectivity index (χ3n) is 2.01. The highest BCUT2D eigenvalue weighted by Crippen LogP contribution is 2.13. The van der Waals surface area contributed by atoms with Crippen molar-refractivity contribution in [1.82, 2.24) is 10.6 Å². The van der Waals surface area contributed by atoms with Crippen LogP contribution in [0.4, 0.5) is 4.79 Å². The summed E-state index contributed by atoms with van der Waals surface area (Å²) in [5.74, 6) is -0.0591. The van der Waals surface area contributed by atoms with Gasteiger partial charge in [-0.1, -0.05) is 0 Å². The van der Waals surface area contributed by atoms with Crippen molar-refractivity contribution in [1.29, 1.82) is 5.26 Å². The van der Waals surface area contributed by atoms with E-state index in [1.165, 1.54) is 6.26 Å². The molecule has 0 fully saturated rings. The molecule has 19 heavy (non-hydrogen) atoms. The van der Waals surface area contributed by atoms with Gasteiger partial charge in [0.1, 0.15) is 17.4 Å². The first-order chi connectivity index (χ1) is 9.08. The van der Waals surface area contributed by atoms with Crippen molar-refractivity contribution in [3.63, 3.8) is 0 Å². The molecule has 1 aromatic heterocycles. The largest absolute Gasteiger partial charge is 0.467 e. The van der Waals surface area contributed by atoms with Gasteiger partial charge in [-0.2, -0.15) is 5.26 Å². The summed E-state index contributed by atoms with van der Waals surface area (Å²) in [6.45, 7) is 0.148. The Morgan fingerprint density at radius 1 is 1.58 bits per heavy atom. The normalized spacial score (nSPS) is 11.2. The SMILES string of the molecule is CS/C(NC(N)=O)=C(\C#N)C(=O)NCc1ccco1. The van der Waals surface area contributed by atoms with E-state index in [0.29, 0.717) is 5.76 Å². The van der Waals surface area contributed by atoms with Crippen molar-refractivity contribution in [2.45, 2.75) is 6.54 Å². The predicted molar refractivity (Wildman–Crippen MR) is 69.4 cm³/mol. The van der Waals surface area contributed by atoms with Crippen LogP contribution < -0.4 is 16.4 Å². The minimum atomic E-state index is -0.837. The topological polar surface area (TPSA) is 121 Å². The maximum Gasteiger partial charge on any atom is 0.317 e.